The number of nitrogens with one attached hydrogen (secondary N) is 1. The number of aliphatic carboxylic acids is 1. The molecule has 0 atom stereocenters. The molecule has 0 saturated carbocycles. The van der Waals surface area contributed by atoms with Crippen LogP contribution in [0.25, 0.3) is 0 Å². The van der Waals surface area contributed by atoms with Gasteiger partial charge >= 0.3 is 5.97 Å². The van der Waals surface area contributed by atoms with Crippen LogP contribution < -0.4 is 10.1 Å². The predicted molar refractivity (Wildman–Crippen MR) is 78.1 cm³/mol. The van der Waals surface area contributed by atoms with Crippen LogP contribution in [-0.2, 0) is 11.3 Å². The van der Waals surface area contributed by atoms with E-state index in [0.717, 1.165) is 11.3 Å². The molecule has 0 aliphatic carbocycles. The summed E-state index contributed by atoms with van der Waals surface area (Å²) in [6.45, 7) is 2.29. The molecule has 0 fully saturated rings. The van der Waals surface area contributed by atoms with Crippen LogP contribution in [0.15, 0.2) is 48.5 Å². The minimum Gasteiger partial charge on any atom is -0.482 e. The largest absolute Gasteiger partial charge is 0.482 e. The van der Waals surface area contributed by atoms with Crippen molar-refractivity contribution in [2.75, 3.05) is 11.9 Å². The molecule has 2 aromatic rings. The van der Waals surface area contributed by atoms with Gasteiger partial charge in [0.25, 0.3) is 0 Å². The Morgan fingerprint density at radius 3 is 2.75 bits per heavy atom. The van der Waals surface area contributed by atoms with Crippen LogP contribution in [0.1, 0.15) is 11.1 Å². The molecular formula is C16H17NO3. The van der Waals surface area contributed by atoms with Crippen molar-refractivity contribution in [2.45, 2.75) is 13.5 Å². The summed E-state index contributed by atoms with van der Waals surface area (Å²) in [5, 5.41) is 12.0. The Morgan fingerprint density at radius 2 is 2.00 bits per heavy atom. The summed E-state index contributed by atoms with van der Waals surface area (Å²) in [5.41, 5.74) is 3.14. The van der Waals surface area contributed by atoms with Gasteiger partial charge in [0.1, 0.15) is 5.75 Å². The molecule has 0 radical (unpaired) electrons. The topological polar surface area (TPSA) is 58.6 Å². The molecule has 4 heteroatoms. The first-order chi connectivity index (χ1) is 9.65. The van der Waals surface area contributed by atoms with Crippen molar-refractivity contribution in [1.29, 1.82) is 0 Å². The fourth-order valence-electron chi connectivity index (χ4n) is 1.88. The van der Waals surface area contributed by atoms with Crippen molar-refractivity contribution in [1.82, 2.24) is 0 Å². The Kier molecular flexibility index (Phi) is 4.60. The zero-order chi connectivity index (χ0) is 14.4. The van der Waals surface area contributed by atoms with Gasteiger partial charge in [-0.3, -0.25) is 0 Å². The number of anilines is 1. The lowest BCUT2D eigenvalue weighted by molar-refractivity contribution is -0.139. The summed E-state index contributed by atoms with van der Waals surface area (Å²) in [7, 11) is 0. The third-order valence-corrected chi connectivity index (χ3v) is 2.82. The Balaban J connectivity index is 2.03. The van der Waals surface area contributed by atoms with Gasteiger partial charge in [0.05, 0.1) is 0 Å². The average molecular weight is 271 g/mol. The molecule has 0 heterocycles. The molecule has 0 aliphatic rings. The molecular weight excluding hydrogens is 254 g/mol. The minimum absolute atomic E-state index is 0.332. The number of carboxylic acid groups (broad SMARTS) is 1. The van der Waals surface area contributed by atoms with Crippen molar-refractivity contribution < 1.29 is 14.6 Å². The zero-order valence-corrected chi connectivity index (χ0v) is 11.3. The van der Waals surface area contributed by atoms with Gasteiger partial charge in [0, 0.05) is 17.8 Å². The molecule has 2 aromatic carbocycles. The van der Waals surface area contributed by atoms with Crippen molar-refractivity contribution >= 4 is 11.7 Å². The van der Waals surface area contributed by atoms with E-state index in [1.807, 2.05) is 43.3 Å². The molecule has 0 amide bonds. The number of carbonyl (C=O) groups is 1. The van der Waals surface area contributed by atoms with Crippen molar-refractivity contribution in [3.8, 4) is 5.75 Å². The SMILES string of the molecule is Cc1cccc(NCc2ccccc2OCC(=O)O)c1. The molecule has 0 bridgehead atoms. The first-order valence-electron chi connectivity index (χ1n) is 6.38. The molecule has 0 aliphatic heterocycles. The second kappa shape index (κ2) is 6.61. The van der Waals surface area contributed by atoms with Crippen LogP contribution in [-0.4, -0.2) is 17.7 Å². The molecule has 0 unspecified atom stereocenters. The van der Waals surface area contributed by atoms with Crippen molar-refractivity contribution in [2.24, 2.45) is 0 Å². The number of hydrogen-bond donors (Lipinski definition) is 2. The van der Waals surface area contributed by atoms with E-state index in [-0.39, 0.29) is 6.61 Å². The third-order valence-electron chi connectivity index (χ3n) is 2.82. The highest BCUT2D eigenvalue weighted by Gasteiger charge is 2.05. The Labute approximate surface area is 118 Å². The van der Waals surface area contributed by atoms with E-state index < -0.39 is 5.97 Å². The van der Waals surface area contributed by atoms with E-state index in [9.17, 15) is 4.79 Å². The maximum absolute atomic E-state index is 10.6. The Morgan fingerprint density at radius 1 is 1.20 bits per heavy atom. The normalized spacial score (nSPS) is 10.1. The lowest BCUT2D eigenvalue weighted by Gasteiger charge is -2.12. The van der Waals surface area contributed by atoms with Gasteiger partial charge in [-0.05, 0) is 30.7 Å². The van der Waals surface area contributed by atoms with E-state index in [4.69, 9.17) is 9.84 Å². The third kappa shape index (κ3) is 4.02. The molecule has 0 spiro atoms. The minimum atomic E-state index is -0.980. The number of aryl methyl sites for hydroxylation is 1. The van der Waals surface area contributed by atoms with Gasteiger partial charge in [0.15, 0.2) is 6.61 Å². The van der Waals surface area contributed by atoms with Gasteiger partial charge in [-0.2, -0.15) is 0 Å². The van der Waals surface area contributed by atoms with Crippen LogP contribution in [0.2, 0.25) is 0 Å². The second-order valence-corrected chi connectivity index (χ2v) is 4.51. The van der Waals surface area contributed by atoms with Crippen LogP contribution >= 0.6 is 0 Å². The lowest BCUT2D eigenvalue weighted by atomic mass is 10.2. The number of rotatable bonds is 6. The summed E-state index contributed by atoms with van der Waals surface area (Å²) >= 11 is 0. The smallest absolute Gasteiger partial charge is 0.341 e. The van der Waals surface area contributed by atoms with Gasteiger partial charge in [-0.15, -0.1) is 0 Å². The van der Waals surface area contributed by atoms with E-state index in [1.54, 1.807) is 6.07 Å². The lowest BCUT2D eigenvalue weighted by Crippen LogP contribution is -2.11. The van der Waals surface area contributed by atoms with Gasteiger partial charge in [0.2, 0.25) is 0 Å². The molecule has 2 rings (SSSR count). The van der Waals surface area contributed by atoms with Crippen LogP contribution in [0.4, 0.5) is 5.69 Å². The van der Waals surface area contributed by atoms with E-state index in [1.165, 1.54) is 5.56 Å². The summed E-state index contributed by atoms with van der Waals surface area (Å²) < 4.78 is 5.27. The molecule has 104 valence electrons. The number of benzene rings is 2. The molecule has 0 saturated heterocycles. The highest BCUT2D eigenvalue weighted by atomic mass is 16.5. The van der Waals surface area contributed by atoms with Crippen molar-refractivity contribution in [3.63, 3.8) is 0 Å². The quantitative estimate of drug-likeness (QED) is 0.847. The second-order valence-electron chi connectivity index (χ2n) is 4.51. The summed E-state index contributed by atoms with van der Waals surface area (Å²) in [6.07, 6.45) is 0. The molecule has 4 nitrogen and oxygen atoms in total. The van der Waals surface area contributed by atoms with Crippen LogP contribution in [0.3, 0.4) is 0 Å². The van der Waals surface area contributed by atoms with Crippen LogP contribution in [0.5, 0.6) is 5.75 Å². The highest BCUT2D eigenvalue weighted by molar-refractivity contribution is 5.68. The van der Waals surface area contributed by atoms with Crippen molar-refractivity contribution in [3.05, 3.63) is 59.7 Å². The van der Waals surface area contributed by atoms with Gasteiger partial charge in [-0.1, -0.05) is 30.3 Å². The predicted octanol–water partition coefficient (Wildman–Crippen LogP) is 3.07. The Bertz CT molecular complexity index is 596. The maximum atomic E-state index is 10.6. The maximum Gasteiger partial charge on any atom is 0.341 e. The highest BCUT2D eigenvalue weighted by Crippen LogP contribution is 2.20. The Hall–Kier alpha value is -2.49. The van der Waals surface area contributed by atoms with Gasteiger partial charge in [-0.25, -0.2) is 4.79 Å². The van der Waals surface area contributed by atoms with E-state index in [0.29, 0.717) is 12.3 Å². The monoisotopic (exact) mass is 271 g/mol. The fourth-order valence-corrected chi connectivity index (χ4v) is 1.88. The summed E-state index contributed by atoms with van der Waals surface area (Å²) in [5.74, 6) is -0.388. The number of carboxylic acids is 1. The first kappa shape index (κ1) is 13.9. The van der Waals surface area contributed by atoms with E-state index >= 15 is 0 Å². The first-order valence-corrected chi connectivity index (χ1v) is 6.38. The summed E-state index contributed by atoms with van der Waals surface area (Å²) in [6, 6.07) is 15.5. The summed E-state index contributed by atoms with van der Waals surface area (Å²) in [4.78, 5) is 10.6. The molecule has 2 N–H and O–H groups in total. The number of ether oxygens (including phenoxy) is 1. The van der Waals surface area contributed by atoms with E-state index in [2.05, 4.69) is 11.4 Å². The van der Waals surface area contributed by atoms with Gasteiger partial charge < -0.3 is 15.2 Å². The molecule has 0 aromatic heterocycles. The molecule has 20 heavy (non-hydrogen) atoms. The fraction of sp³-hybridized carbons (Fsp3) is 0.188. The number of hydrogen-bond acceptors (Lipinski definition) is 3. The number of para-hydroxylation sites is 1. The van der Waals surface area contributed by atoms with Crippen LogP contribution in [0, 0.1) is 6.92 Å². The zero-order valence-electron chi connectivity index (χ0n) is 11.3. The average Bonchev–Trinajstić information content (AvgIpc) is 2.44. The standard InChI is InChI=1S/C16H17NO3/c1-12-5-4-7-14(9-12)17-10-13-6-2-3-8-15(13)20-11-16(18)19/h2-9,17H,10-11H2,1H3,(H,18,19).